The van der Waals surface area contributed by atoms with Crippen molar-refractivity contribution in [3.05, 3.63) is 29.3 Å². The standard InChI is InChI=1S/C16H26F2N2/c1-5-11(3)10-20(6-2)16-14(17)8-13(7-12(4)19)9-15(16)18/h8-9,11-12H,5-7,10,19H2,1-4H3. The summed E-state index contributed by atoms with van der Waals surface area (Å²) in [6.45, 7) is 9.15. The molecule has 2 nitrogen and oxygen atoms in total. The minimum absolute atomic E-state index is 0.0845. The van der Waals surface area contributed by atoms with Crippen LogP contribution in [0.15, 0.2) is 12.1 Å². The smallest absolute Gasteiger partial charge is 0.149 e. The second-order valence-corrected chi connectivity index (χ2v) is 5.64. The molecular weight excluding hydrogens is 258 g/mol. The normalized spacial score (nSPS) is 14.2. The number of benzene rings is 1. The molecule has 0 amide bonds. The highest BCUT2D eigenvalue weighted by molar-refractivity contribution is 5.50. The van der Waals surface area contributed by atoms with Gasteiger partial charge >= 0.3 is 0 Å². The first-order valence-electron chi connectivity index (χ1n) is 7.37. The second-order valence-electron chi connectivity index (χ2n) is 5.64. The van der Waals surface area contributed by atoms with Gasteiger partial charge in [0.2, 0.25) is 0 Å². The molecule has 0 bridgehead atoms. The Morgan fingerprint density at radius 3 is 2.10 bits per heavy atom. The van der Waals surface area contributed by atoms with Crippen molar-refractivity contribution in [3.8, 4) is 0 Å². The van der Waals surface area contributed by atoms with E-state index < -0.39 is 11.6 Å². The van der Waals surface area contributed by atoms with Gasteiger partial charge in [0, 0.05) is 19.1 Å². The summed E-state index contributed by atoms with van der Waals surface area (Å²) < 4.78 is 28.5. The lowest BCUT2D eigenvalue weighted by Gasteiger charge is -2.27. The number of hydrogen-bond donors (Lipinski definition) is 1. The lowest BCUT2D eigenvalue weighted by molar-refractivity contribution is 0.520. The Morgan fingerprint density at radius 1 is 1.15 bits per heavy atom. The van der Waals surface area contributed by atoms with Gasteiger partial charge in [-0.1, -0.05) is 20.3 Å². The largest absolute Gasteiger partial charge is 0.367 e. The van der Waals surface area contributed by atoms with Crippen LogP contribution in [0.25, 0.3) is 0 Å². The zero-order chi connectivity index (χ0) is 15.3. The van der Waals surface area contributed by atoms with E-state index in [1.165, 1.54) is 12.1 Å². The van der Waals surface area contributed by atoms with Gasteiger partial charge in [0.1, 0.15) is 17.3 Å². The van der Waals surface area contributed by atoms with Crippen LogP contribution in [0.2, 0.25) is 0 Å². The summed E-state index contributed by atoms with van der Waals surface area (Å²) in [5.74, 6) is -0.589. The first-order valence-corrected chi connectivity index (χ1v) is 7.37. The van der Waals surface area contributed by atoms with Crippen LogP contribution < -0.4 is 10.6 Å². The minimum atomic E-state index is -0.495. The van der Waals surface area contributed by atoms with Gasteiger partial charge in [0.25, 0.3) is 0 Å². The van der Waals surface area contributed by atoms with E-state index in [-0.39, 0.29) is 11.7 Å². The van der Waals surface area contributed by atoms with Gasteiger partial charge in [-0.15, -0.1) is 0 Å². The van der Waals surface area contributed by atoms with E-state index in [1.807, 2.05) is 13.8 Å². The van der Waals surface area contributed by atoms with Crippen molar-refractivity contribution in [2.24, 2.45) is 11.7 Å². The summed E-state index contributed by atoms with van der Waals surface area (Å²) in [5.41, 5.74) is 6.37. The Labute approximate surface area is 121 Å². The van der Waals surface area contributed by atoms with E-state index in [0.717, 1.165) is 6.42 Å². The van der Waals surface area contributed by atoms with E-state index >= 15 is 0 Å². The quantitative estimate of drug-likeness (QED) is 0.826. The van der Waals surface area contributed by atoms with Crippen LogP contribution in [-0.2, 0) is 6.42 Å². The molecule has 0 radical (unpaired) electrons. The van der Waals surface area contributed by atoms with Crippen LogP contribution in [-0.4, -0.2) is 19.1 Å². The molecule has 1 rings (SSSR count). The number of nitrogens with two attached hydrogens (primary N) is 1. The topological polar surface area (TPSA) is 29.3 Å². The highest BCUT2D eigenvalue weighted by Gasteiger charge is 2.18. The molecular formula is C16H26F2N2. The summed E-state index contributed by atoms with van der Waals surface area (Å²) in [5, 5.41) is 0. The maximum Gasteiger partial charge on any atom is 0.149 e. The third-order valence-corrected chi connectivity index (χ3v) is 3.56. The van der Waals surface area contributed by atoms with Crippen LogP contribution >= 0.6 is 0 Å². The van der Waals surface area contributed by atoms with E-state index in [0.29, 0.717) is 31.0 Å². The van der Waals surface area contributed by atoms with Crippen molar-refractivity contribution in [1.29, 1.82) is 0 Å². The predicted octanol–water partition coefficient (Wildman–Crippen LogP) is 3.73. The highest BCUT2D eigenvalue weighted by atomic mass is 19.1. The van der Waals surface area contributed by atoms with Gasteiger partial charge in [-0.3, -0.25) is 0 Å². The fourth-order valence-electron chi connectivity index (χ4n) is 2.29. The summed E-state index contributed by atoms with van der Waals surface area (Å²) in [6, 6.07) is 2.70. The average Bonchev–Trinajstić information content (AvgIpc) is 2.35. The molecule has 0 aromatic heterocycles. The Balaban J connectivity index is 3.04. The van der Waals surface area contributed by atoms with Crippen molar-refractivity contribution >= 4 is 5.69 Å². The van der Waals surface area contributed by atoms with Gasteiger partial charge in [0.15, 0.2) is 0 Å². The maximum atomic E-state index is 14.2. The highest BCUT2D eigenvalue weighted by Crippen LogP contribution is 2.26. The monoisotopic (exact) mass is 284 g/mol. The predicted molar refractivity (Wildman–Crippen MR) is 81.1 cm³/mol. The van der Waals surface area contributed by atoms with E-state index in [4.69, 9.17) is 5.73 Å². The molecule has 0 spiro atoms. The zero-order valence-corrected chi connectivity index (χ0v) is 12.9. The number of hydrogen-bond acceptors (Lipinski definition) is 2. The number of nitrogens with zero attached hydrogens (tertiary/aromatic N) is 1. The molecule has 2 N–H and O–H groups in total. The van der Waals surface area contributed by atoms with Gasteiger partial charge in [-0.05, 0) is 43.9 Å². The zero-order valence-electron chi connectivity index (χ0n) is 12.9. The van der Waals surface area contributed by atoms with Crippen molar-refractivity contribution in [2.75, 3.05) is 18.0 Å². The summed E-state index contributed by atoms with van der Waals surface area (Å²) >= 11 is 0. The third kappa shape index (κ3) is 4.44. The molecule has 0 heterocycles. The Bertz CT molecular complexity index is 409. The van der Waals surface area contributed by atoms with Crippen LogP contribution in [0.3, 0.4) is 0 Å². The summed E-state index contributed by atoms with van der Waals surface area (Å²) in [4.78, 5) is 1.77. The lowest BCUT2D eigenvalue weighted by Crippen LogP contribution is -2.30. The van der Waals surface area contributed by atoms with Crippen molar-refractivity contribution in [3.63, 3.8) is 0 Å². The maximum absolute atomic E-state index is 14.2. The van der Waals surface area contributed by atoms with Gasteiger partial charge in [-0.25, -0.2) is 8.78 Å². The van der Waals surface area contributed by atoms with Crippen molar-refractivity contribution < 1.29 is 8.78 Å². The van der Waals surface area contributed by atoms with E-state index in [9.17, 15) is 8.78 Å². The first kappa shape index (κ1) is 16.9. The van der Waals surface area contributed by atoms with Gasteiger partial charge < -0.3 is 10.6 Å². The number of rotatable bonds is 7. The van der Waals surface area contributed by atoms with Crippen LogP contribution in [0.5, 0.6) is 0 Å². The molecule has 0 aliphatic heterocycles. The van der Waals surface area contributed by atoms with Crippen molar-refractivity contribution in [2.45, 2.75) is 46.6 Å². The molecule has 114 valence electrons. The molecule has 0 aliphatic carbocycles. The van der Waals surface area contributed by atoms with E-state index in [2.05, 4.69) is 13.8 Å². The third-order valence-electron chi connectivity index (χ3n) is 3.56. The summed E-state index contributed by atoms with van der Waals surface area (Å²) in [6.07, 6.45) is 1.47. The van der Waals surface area contributed by atoms with Crippen LogP contribution in [0.1, 0.15) is 39.7 Å². The minimum Gasteiger partial charge on any atom is -0.367 e. The van der Waals surface area contributed by atoms with E-state index in [1.54, 1.807) is 4.90 Å². The van der Waals surface area contributed by atoms with Crippen LogP contribution in [0.4, 0.5) is 14.5 Å². The molecule has 1 aromatic carbocycles. The lowest BCUT2D eigenvalue weighted by atomic mass is 10.0. The molecule has 2 unspecified atom stereocenters. The molecule has 4 heteroatoms. The van der Waals surface area contributed by atoms with Crippen LogP contribution in [0, 0.1) is 17.6 Å². The molecule has 0 aliphatic rings. The fourth-order valence-corrected chi connectivity index (χ4v) is 2.29. The molecule has 1 aromatic rings. The van der Waals surface area contributed by atoms with Gasteiger partial charge in [0.05, 0.1) is 0 Å². The Hall–Kier alpha value is -1.16. The average molecular weight is 284 g/mol. The molecule has 20 heavy (non-hydrogen) atoms. The summed E-state index contributed by atoms with van der Waals surface area (Å²) in [7, 11) is 0. The molecule has 0 saturated heterocycles. The molecule has 2 atom stereocenters. The van der Waals surface area contributed by atoms with Gasteiger partial charge in [-0.2, -0.15) is 0 Å². The SMILES string of the molecule is CCC(C)CN(CC)c1c(F)cc(CC(C)N)cc1F. The Kier molecular flexibility index (Phi) is 6.40. The number of halogens is 2. The first-order chi connectivity index (χ1) is 9.38. The Morgan fingerprint density at radius 2 is 1.70 bits per heavy atom. The van der Waals surface area contributed by atoms with Crippen molar-refractivity contribution in [1.82, 2.24) is 0 Å². The number of anilines is 1. The fraction of sp³-hybridized carbons (Fsp3) is 0.625. The molecule has 0 fully saturated rings. The molecule has 0 saturated carbocycles. The second kappa shape index (κ2) is 7.58.